The highest BCUT2D eigenvalue weighted by molar-refractivity contribution is 7.11. The molecule has 2 aromatic rings. The Kier molecular flexibility index (Phi) is 3.31. The molecule has 0 aliphatic rings. The molecule has 2 N–H and O–H groups in total. The summed E-state index contributed by atoms with van der Waals surface area (Å²) < 4.78 is 5.55. The second kappa shape index (κ2) is 4.89. The number of allylic oxidation sites excluding steroid dienone is 1. The molecular weight excluding hydrogens is 232 g/mol. The Labute approximate surface area is 104 Å². The van der Waals surface area contributed by atoms with Crippen LogP contribution in [0.3, 0.4) is 0 Å². The molecule has 2 aromatic heterocycles. The van der Waals surface area contributed by atoms with Gasteiger partial charge in [0.2, 0.25) is 0 Å². The molecular formula is C13H12N2OS. The van der Waals surface area contributed by atoms with Crippen LogP contribution in [0.1, 0.15) is 23.3 Å². The molecule has 86 valence electrons. The summed E-state index contributed by atoms with van der Waals surface area (Å²) >= 11 is 1.49. The maximum absolute atomic E-state index is 9.17. The van der Waals surface area contributed by atoms with E-state index in [1.807, 2.05) is 30.5 Å². The Balaban J connectivity index is 2.46. The molecule has 0 atom stereocenters. The molecule has 0 unspecified atom stereocenters. The van der Waals surface area contributed by atoms with Gasteiger partial charge in [-0.1, -0.05) is 13.0 Å². The molecule has 0 amide bonds. The zero-order valence-electron chi connectivity index (χ0n) is 9.43. The van der Waals surface area contributed by atoms with E-state index in [9.17, 15) is 5.26 Å². The molecule has 0 bridgehead atoms. The van der Waals surface area contributed by atoms with Gasteiger partial charge < -0.3 is 10.2 Å². The van der Waals surface area contributed by atoms with Gasteiger partial charge in [-0.15, -0.1) is 11.3 Å². The molecule has 17 heavy (non-hydrogen) atoms. The van der Waals surface area contributed by atoms with Crippen LogP contribution in [0.5, 0.6) is 0 Å². The van der Waals surface area contributed by atoms with Crippen molar-refractivity contribution in [3.05, 3.63) is 46.0 Å². The predicted octanol–water partition coefficient (Wildman–Crippen LogP) is 3.25. The summed E-state index contributed by atoms with van der Waals surface area (Å²) in [5.74, 6) is 1.43. The number of rotatable bonds is 3. The Bertz CT molecular complexity index is 573. The lowest BCUT2D eigenvalue weighted by atomic mass is 10.1. The highest BCUT2D eigenvalue weighted by Gasteiger charge is 2.12. The van der Waals surface area contributed by atoms with Crippen LogP contribution in [0.15, 0.2) is 34.1 Å². The van der Waals surface area contributed by atoms with Crippen LogP contribution in [-0.4, -0.2) is 0 Å². The van der Waals surface area contributed by atoms with Crippen LogP contribution in [0, 0.1) is 11.3 Å². The summed E-state index contributed by atoms with van der Waals surface area (Å²) in [6, 6.07) is 9.59. The first-order chi connectivity index (χ1) is 8.26. The number of nitrogens with two attached hydrogens (primary N) is 1. The average Bonchev–Trinajstić information content (AvgIpc) is 3.00. The van der Waals surface area contributed by atoms with E-state index in [1.54, 1.807) is 6.07 Å². The zero-order valence-corrected chi connectivity index (χ0v) is 10.3. The fraction of sp³-hybridized carbons (Fsp3) is 0.154. The highest BCUT2D eigenvalue weighted by Crippen LogP contribution is 2.26. The van der Waals surface area contributed by atoms with E-state index in [-0.39, 0.29) is 0 Å². The highest BCUT2D eigenvalue weighted by atomic mass is 32.1. The van der Waals surface area contributed by atoms with Crippen molar-refractivity contribution in [2.75, 3.05) is 0 Å². The molecule has 0 fully saturated rings. The van der Waals surface area contributed by atoms with Gasteiger partial charge in [-0.2, -0.15) is 5.26 Å². The van der Waals surface area contributed by atoms with Gasteiger partial charge in [-0.05, 0) is 23.6 Å². The summed E-state index contributed by atoms with van der Waals surface area (Å²) in [4.78, 5) is 0.861. The monoisotopic (exact) mass is 244 g/mol. The molecule has 3 nitrogen and oxygen atoms in total. The number of nitrogens with zero attached hydrogens (tertiary/aromatic N) is 1. The van der Waals surface area contributed by atoms with E-state index in [1.165, 1.54) is 11.3 Å². The zero-order chi connectivity index (χ0) is 12.3. The van der Waals surface area contributed by atoms with Crippen LogP contribution >= 0.6 is 11.3 Å². The molecule has 0 saturated carbocycles. The van der Waals surface area contributed by atoms with Crippen molar-refractivity contribution >= 4 is 22.6 Å². The lowest BCUT2D eigenvalue weighted by Crippen LogP contribution is -1.98. The molecule has 0 aromatic carbocycles. The Morgan fingerprint density at radius 1 is 1.47 bits per heavy atom. The van der Waals surface area contributed by atoms with Gasteiger partial charge in [-0.3, -0.25) is 0 Å². The predicted molar refractivity (Wildman–Crippen MR) is 69.0 cm³/mol. The topological polar surface area (TPSA) is 63.0 Å². The van der Waals surface area contributed by atoms with Crippen molar-refractivity contribution in [3.8, 4) is 6.07 Å². The fourth-order valence-corrected chi connectivity index (χ4v) is 2.24. The summed E-state index contributed by atoms with van der Waals surface area (Å²) in [5.41, 5.74) is 6.85. The third-order valence-electron chi connectivity index (χ3n) is 2.42. The van der Waals surface area contributed by atoms with E-state index in [0.29, 0.717) is 17.0 Å². The van der Waals surface area contributed by atoms with E-state index < -0.39 is 0 Å². The quantitative estimate of drug-likeness (QED) is 0.843. The lowest BCUT2D eigenvalue weighted by Gasteiger charge is -2.00. The van der Waals surface area contributed by atoms with Crippen molar-refractivity contribution in [3.63, 3.8) is 0 Å². The standard InChI is InChI=1S/C13H12N2OS/c1-2-9-5-6-11(16-9)13(15)10(8-14)12-4-3-7-17-12/h3-7H,2,15H2,1H3/b13-10+. The largest absolute Gasteiger partial charge is 0.460 e. The number of thiophene rings is 1. The Morgan fingerprint density at radius 3 is 2.82 bits per heavy atom. The second-order valence-electron chi connectivity index (χ2n) is 3.50. The minimum Gasteiger partial charge on any atom is -0.460 e. The summed E-state index contributed by atoms with van der Waals surface area (Å²) in [7, 11) is 0. The first-order valence-corrected chi connectivity index (χ1v) is 6.17. The van der Waals surface area contributed by atoms with Crippen LogP contribution in [0.4, 0.5) is 0 Å². The number of hydrogen-bond acceptors (Lipinski definition) is 4. The van der Waals surface area contributed by atoms with E-state index >= 15 is 0 Å². The van der Waals surface area contributed by atoms with E-state index in [2.05, 4.69) is 6.07 Å². The summed E-state index contributed by atoms with van der Waals surface area (Å²) in [5, 5.41) is 11.1. The van der Waals surface area contributed by atoms with Crippen LogP contribution in [0.25, 0.3) is 11.3 Å². The Hall–Kier alpha value is -1.99. The minimum atomic E-state index is 0.398. The number of nitriles is 1. The maximum Gasteiger partial charge on any atom is 0.151 e. The molecule has 4 heteroatoms. The first kappa shape index (κ1) is 11.5. The third kappa shape index (κ3) is 2.24. The normalized spacial score (nSPS) is 12.0. The van der Waals surface area contributed by atoms with Crippen molar-refractivity contribution in [2.45, 2.75) is 13.3 Å². The Morgan fingerprint density at radius 2 is 2.29 bits per heavy atom. The lowest BCUT2D eigenvalue weighted by molar-refractivity contribution is 0.504. The van der Waals surface area contributed by atoms with Crippen molar-refractivity contribution in [2.24, 2.45) is 5.73 Å². The smallest absolute Gasteiger partial charge is 0.151 e. The van der Waals surface area contributed by atoms with Gasteiger partial charge in [0.05, 0.1) is 11.3 Å². The molecule has 0 saturated heterocycles. The summed E-state index contributed by atoms with van der Waals surface area (Å²) in [6.45, 7) is 2.01. The van der Waals surface area contributed by atoms with Gasteiger partial charge in [0.15, 0.2) is 5.76 Å². The number of aryl methyl sites for hydroxylation is 1. The first-order valence-electron chi connectivity index (χ1n) is 5.29. The van der Waals surface area contributed by atoms with Gasteiger partial charge in [-0.25, -0.2) is 0 Å². The molecule has 2 rings (SSSR count). The summed E-state index contributed by atoms with van der Waals surface area (Å²) in [6.07, 6.45) is 0.814. The second-order valence-corrected chi connectivity index (χ2v) is 4.44. The van der Waals surface area contributed by atoms with Gasteiger partial charge in [0, 0.05) is 11.3 Å². The molecule has 0 radical (unpaired) electrons. The van der Waals surface area contributed by atoms with Gasteiger partial charge >= 0.3 is 0 Å². The van der Waals surface area contributed by atoms with Gasteiger partial charge in [0.25, 0.3) is 0 Å². The van der Waals surface area contributed by atoms with Crippen LogP contribution < -0.4 is 5.73 Å². The van der Waals surface area contributed by atoms with Crippen molar-refractivity contribution in [1.29, 1.82) is 5.26 Å². The van der Waals surface area contributed by atoms with Crippen LogP contribution in [0.2, 0.25) is 0 Å². The molecule has 0 aliphatic heterocycles. The van der Waals surface area contributed by atoms with Crippen molar-refractivity contribution in [1.82, 2.24) is 0 Å². The molecule has 0 spiro atoms. The average molecular weight is 244 g/mol. The van der Waals surface area contributed by atoms with Gasteiger partial charge in [0.1, 0.15) is 11.8 Å². The van der Waals surface area contributed by atoms with Crippen LogP contribution in [-0.2, 0) is 6.42 Å². The minimum absolute atomic E-state index is 0.398. The SMILES string of the molecule is CCc1ccc(/C(N)=C(/C#N)c2cccs2)o1. The number of furan rings is 1. The third-order valence-corrected chi connectivity index (χ3v) is 3.31. The number of hydrogen-bond donors (Lipinski definition) is 1. The van der Waals surface area contributed by atoms with Crippen molar-refractivity contribution < 1.29 is 4.42 Å². The maximum atomic E-state index is 9.17. The molecule has 0 aliphatic carbocycles. The fourth-order valence-electron chi connectivity index (χ4n) is 1.50. The van der Waals surface area contributed by atoms with E-state index in [0.717, 1.165) is 17.1 Å². The molecule has 2 heterocycles. The van der Waals surface area contributed by atoms with E-state index in [4.69, 9.17) is 10.2 Å².